The summed E-state index contributed by atoms with van der Waals surface area (Å²) in [6, 6.07) is 11.1. The average Bonchev–Trinajstić information content (AvgIpc) is 2.64. The number of amides is 2. The number of fused-ring (bicyclic) bond motifs is 1. The maximum Gasteiger partial charge on any atom is 0.339 e. The van der Waals surface area contributed by atoms with Crippen molar-refractivity contribution in [3.63, 3.8) is 0 Å². The van der Waals surface area contributed by atoms with Crippen LogP contribution in [0.3, 0.4) is 0 Å². The van der Waals surface area contributed by atoms with E-state index in [1.807, 2.05) is 45.0 Å². The summed E-state index contributed by atoms with van der Waals surface area (Å²) in [5.74, 6) is -1.20. The zero-order chi connectivity index (χ0) is 20.4. The second-order valence-corrected chi connectivity index (χ2v) is 7.27. The SMILES string of the molecule is Cc1cc(C)c(NC(=O)CN(C)C(=O)C2Cc3ccccc3C(=O)O2)c(C)c1. The molecule has 0 saturated heterocycles. The number of hydrogen-bond acceptors (Lipinski definition) is 4. The number of cyclic esters (lactones) is 1. The number of carbonyl (C=O) groups is 3. The molecule has 0 saturated carbocycles. The van der Waals surface area contributed by atoms with E-state index in [1.54, 1.807) is 12.1 Å². The van der Waals surface area contributed by atoms with Crippen molar-refractivity contribution in [3.05, 3.63) is 64.2 Å². The van der Waals surface area contributed by atoms with Crippen molar-refractivity contribution >= 4 is 23.5 Å². The number of ether oxygens (including phenoxy) is 1. The highest BCUT2D eigenvalue weighted by molar-refractivity contribution is 5.98. The van der Waals surface area contributed by atoms with Gasteiger partial charge >= 0.3 is 5.97 Å². The average molecular weight is 380 g/mol. The lowest BCUT2D eigenvalue weighted by molar-refractivity contribution is -0.141. The summed E-state index contributed by atoms with van der Waals surface area (Å²) < 4.78 is 5.29. The minimum atomic E-state index is -0.914. The number of likely N-dealkylation sites (N-methyl/N-ethyl adjacent to an activating group) is 1. The Kier molecular flexibility index (Phi) is 5.49. The first-order chi connectivity index (χ1) is 13.3. The lowest BCUT2D eigenvalue weighted by atomic mass is 9.98. The van der Waals surface area contributed by atoms with Crippen molar-refractivity contribution in [1.82, 2.24) is 4.90 Å². The summed E-state index contributed by atoms with van der Waals surface area (Å²) in [6.07, 6.45) is -0.605. The van der Waals surface area contributed by atoms with Gasteiger partial charge in [0.05, 0.1) is 12.1 Å². The van der Waals surface area contributed by atoms with Gasteiger partial charge in [-0.05, 0) is 43.5 Å². The molecule has 0 fully saturated rings. The van der Waals surface area contributed by atoms with Gasteiger partial charge in [-0.2, -0.15) is 0 Å². The van der Waals surface area contributed by atoms with E-state index in [-0.39, 0.29) is 12.5 Å². The number of esters is 1. The standard InChI is InChI=1S/C22H24N2O4/c1-13-9-14(2)20(15(3)10-13)23-19(25)12-24(4)21(26)18-11-16-7-5-6-8-17(16)22(27)28-18/h5-10,18H,11-12H2,1-4H3,(H,23,25). The number of hydrogen-bond donors (Lipinski definition) is 1. The van der Waals surface area contributed by atoms with Crippen molar-refractivity contribution in [2.45, 2.75) is 33.3 Å². The highest BCUT2D eigenvalue weighted by Gasteiger charge is 2.33. The molecule has 1 heterocycles. The van der Waals surface area contributed by atoms with Crippen LogP contribution >= 0.6 is 0 Å². The molecule has 3 rings (SSSR count). The zero-order valence-corrected chi connectivity index (χ0v) is 16.5. The van der Waals surface area contributed by atoms with Gasteiger partial charge in [-0.25, -0.2) is 4.79 Å². The second kappa shape index (κ2) is 7.84. The van der Waals surface area contributed by atoms with Crippen LogP contribution in [0.5, 0.6) is 0 Å². The largest absolute Gasteiger partial charge is 0.448 e. The maximum absolute atomic E-state index is 12.7. The fourth-order valence-electron chi connectivity index (χ4n) is 3.56. The van der Waals surface area contributed by atoms with Crippen molar-refractivity contribution in [1.29, 1.82) is 0 Å². The molecule has 2 aromatic rings. The second-order valence-electron chi connectivity index (χ2n) is 7.27. The fourth-order valence-corrected chi connectivity index (χ4v) is 3.56. The highest BCUT2D eigenvalue weighted by Crippen LogP contribution is 2.23. The molecule has 6 heteroatoms. The number of carbonyl (C=O) groups excluding carboxylic acids is 3. The number of nitrogens with one attached hydrogen (secondary N) is 1. The molecule has 0 bridgehead atoms. The molecule has 0 spiro atoms. The molecule has 1 unspecified atom stereocenters. The molecule has 28 heavy (non-hydrogen) atoms. The van der Waals surface area contributed by atoms with Gasteiger partial charge in [0.2, 0.25) is 5.91 Å². The van der Waals surface area contributed by atoms with Crippen LogP contribution in [0, 0.1) is 20.8 Å². The number of rotatable bonds is 4. The van der Waals surface area contributed by atoms with Gasteiger partial charge < -0.3 is 15.0 Å². The molecule has 0 radical (unpaired) electrons. The smallest absolute Gasteiger partial charge is 0.339 e. The summed E-state index contributed by atoms with van der Waals surface area (Å²) in [5, 5.41) is 2.88. The predicted octanol–water partition coefficient (Wildman–Crippen LogP) is 2.79. The van der Waals surface area contributed by atoms with E-state index < -0.39 is 18.0 Å². The number of nitrogens with zero attached hydrogens (tertiary/aromatic N) is 1. The Morgan fingerprint density at radius 1 is 1.14 bits per heavy atom. The van der Waals surface area contributed by atoms with E-state index in [9.17, 15) is 14.4 Å². The van der Waals surface area contributed by atoms with E-state index >= 15 is 0 Å². The molecule has 0 aliphatic carbocycles. The molecular formula is C22H24N2O4. The van der Waals surface area contributed by atoms with Gasteiger partial charge in [0, 0.05) is 19.2 Å². The Bertz CT molecular complexity index is 928. The Morgan fingerprint density at radius 3 is 2.46 bits per heavy atom. The number of anilines is 1. The third-order valence-corrected chi connectivity index (χ3v) is 4.87. The first-order valence-corrected chi connectivity index (χ1v) is 9.18. The first-order valence-electron chi connectivity index (χ1n) is 9.18. The van der Waals surface area contributed by atoms with Crippen molar-refractivity contribution in [2.24, 2.45) is 0 Å². The maximum atomic E-state index is 12.7. The lowest BCUT2D eigenvalue weighted by Crippen LogP contribution is -2.45. The number of benzene rings is 2. The molecule has 2 aromatic carbocycles. The number of aryl methyl sites for hydroxylation is 3. The zero-order valence-electron chi connectivity index (χ0n) is 16.5. The topological polar surface area (TPSA) is 75.7 Å². The third kappa shape index (κ3) is 4.06. The Hall–Kier alpha value is -3.15. The summed E-state index contributed by atoms with van der Waals surface area (Å²) >= 11 is 0. The highest BCUT2D eigenvalue weighted by atomic mass is 16.5. The van der Waals surface area contributed by atoms with Crippen LogP contribution in [-0.2, 0) is 20.7 Å². The third-order valence-electron chi connectivity index (χ3n) is 4.87. The van der Waals surface area contributed by atoms with E-state index in [2.05, 4.69) is 5.32 Å². The quantitative estimate of drug-likeness (QED) is 0.828. The molecule has 1 N–H and O–H groups in total. The summed E-state index contributed by atoms with van der Waals surface area (Å²) in [7, 11) is 1.53. The minimum Gasteiger partial charge on any atom is -0.448 e. The van der Waals surface area contributed by atoms with E-state index in [0.717, 1.165) is 27.9 Å². The van der Waals surface area contributed by atoms with E-state index in [1.165, 1.54) is 11.9 Å². The summed E-state index contributed by atoms with van der Waals surface area (Å²) in [4.78, 5) is 38.5. The van der Waals surface area contributed by atoms with Crippen LogP contribution in [0.15, 0.2) is 36.4 Å². The summed E-state index contributed by atoms with van der Waals surface area (Å²) in [6.45, 7) is 5.75. The predicted molar refractivity (Wildman–Crippen MR) is 106 cm³/mol. The van der Waals surface area contributed by atoms with Crippen LogP contribution in [-0.4, -0.2) is 42.4 Å². The van der Waals surface area contributed by atoms with Gasteiger partial charge in [0.25, 0.3) is 5.91 Å². The fraction of sp³-hybridized carbons (Fsp3) is 0.318. The molecular weight excluding hydrogens is 356 g/mol. The van der Waals surface area contributed by atoms with Gasteiger partial charge in [-0.1, -0.05) is 35.9 Å². The molecule has 146 valence electrons. The molecule has 1 aliphatic heterocycles. The minimum absolute atomic E-state index is 0.124. The van der Waals surface area contributed by atoms with Crippen LogP contribution in [0.25, 0.3) is 0 Å². The van der Waals surface area contributed by atoms with Crippen LogP contribution in [0.2, 0.25) is 0 Å². The van der Waals surface area contributed by atoms with Crippen LogP contribution < -0.4 is 5.32 Å². The normalized spacial score (nSPS) is 15.4. The van der Waals surface area contributed by atoms with Gasteiger partial charge in [-0.15, -0.1) is 0 Å². The van der Waals surface area contributed by atoms with Gasteiger partial charge in [0.1, 0.15) is 0 Å². The molecule has 0 aromatic heterocycles. The molecule has 1 atom stereocenters. The Balaban J connectivity index is 1.65. The van der Waals surface area contributed by atoms with Crippen molar-refractivity contribution in [3.8, 4) is 0 Å². The van der Waals surface area contributed by atoms with Gasteiger partial charge in [0.15, 0.2) is 6.10 Å². The lowest BCUT2D eigenvalue weighted by Gasteiger charge is -2.27. The van der Waals surface area contributed by atoms with Crippen molar-refractivity contribution < 1.29 is 19.1 Å². The first kappa shape index (κ1) is 19.6. The monoisotopic (exact) mass is 380 g/mol. The Morgan fingerprint density at radius 2 is 1.79 bits per heavy atom. The van der Waals surface area contributed by atoms with Crippen molar-refractivity contribution in [2.75, 3.05) is 18.9 Å². The molecule has 6 nitrogen and oxygen atoms in total. The van der Waals surface area contributed by atoms with Crippen LogP contribution in [0.4, 0.5) is 5.69 Å². The van der Waals surface area contributed by atoms with E-state index in [0.29, 0.717) is 12.0 Å². The van der Waals surface area contributed by atoms with Crippen LogP contribution in [0.1, 0.15) is 32.6 Å². The Labute approximate surface area is 164 Å². The molecule has 1 aliphatic rings. The molecule has 2 amide bonds. The summed E-state index contributed by atoms with van der Waals surface area (Å²) in [5.41, 5.74) is 5.09. The van der Waals surface area contributed by atoms with Gasteiger partial charge in [-0.3, -0.25) is 9.59 Å². The van der Waals surface area contributed by atoms with E-state index in [4.69, 9.17) is 4.74 Å².